The summed E-state index contributed by atoms with van der Waals surface area (Å²) in [6.07, 6.45) is 8.97. The van der Waals surface area contributed by atoms with Gasteiger partial charge in [0.2, 0.25) is 0 Å². The zero-order valence-corrected chi connectivity index (χ0v) is 15.0. The summed E-state index contributed by atoms with van der Waals surface area (Å²) < 4.78 is 27.8. The summed E-state index contributed by atoms with van der Waals surface area (Å²) >= 11 is 0. The summed E-state index contributed by atoms with van der Waals surface area (Å²) in [5.41, 5.74) is 0.981. The molecule has 5 heteroatoms. The molecule has 2 amide bonds. The van der Waals surface area contributed by atoms with E-state index in [0.29, 0.717) is 18.0 Å². The van der Waals surface area contributed by atoms with Crippen molar-refractivity contribution in [3.05, 3.63) is 41.5 Å². The Morgan fingerprint density at radius 3 is 2.44 bits per heavy atom. The highest BCUT2D eigenvalue weighted by Gasteiger charge is 2.36. The first-order valence-corrected chi connectivity index (χ1v) is 9.11. The van der Waals surface area contributed by atoms with Crippen molar-refractivity contribution >= 4 is 11.6 Å². The zero-order chi connectivity index (χ0) is 18.0. The minimum atomic E-state index is -0.458. The molecule has 3 rings (SSSR count). The molecule has 1 aliphatic carbocycles. The van der Waals surface area contributed by atoms with Crippen molar-refractivity contribution in [3.8, 4) is 0 Å². The number of urea groups is 1. The molecule has 1 aromatic rings. The monoisotopic (exact) mass is 348 g/mol. The van der Waals surface area contributed by atoms with Gasteiger partial charge in [0, 0.05) is 26.2 Å². The van der Waals surface area contributed by atoms with Gasteiger partial charge < -0.3 is 9.80 Å². The van der Waals surface area contributed by atoms with Crippen molar-refractivity contribution in [2.45, 2.75) is 44.6 Å². The Morgan fingerprint density at radius 2 is 1.80 bits per heavy atom. The lowest BCUT2D eigenvalue weighted by Gasteiger charge is -2.32. The molecule has 1 aromatic carbocycles. The van der Waals surface area contributed by atoms with Gasteiger partial charge in [0.1, 0.15) is 11.6 Å². The summed E-state index contributed by atoms with van der Waals surface area (Å²) in [6.45, 7) is 0.332. The summed E-state index contributed by atoms with van der Waals surface area (Å²) in [6, 6.07) is 3.40. The van der Waals surface area contributed by atoms with Gasteiger partial charge in [0.05, 0.1) is 6.04 Å². The zero-order valence-electron chi connectivity index (χ0n) is 15.0. The molecular weight excluding hydrogens is 322 g/mol. The number of hydrogen-bond acceptors (Lipinski definition) is 1. The van der Waals surface area contributed by atoms with Gasteiger partial charge in [0.25, 0.3) is 0 Å². The first kappa shape index (κ1) is 17.9. The van der Waals surface area contributed by atoms with Crippen molar-refractivity contribution in [1.82, 2.24) is 9.80 Å². The van der Waals surface area contributed by atoms with Gasteiger partial charge in [-0.2, -0.15) is 0 Å². The van der Waals surface area contributed by atoms with E-state index < -0.39 is 11.6 Å². The third kappa shape index (κ3) is 3.86. The highest BCUT2D eigenvalue weighted by atomic mass is 19.1. The van der Waals surface area contributed by atoms with Crippen LogP contribution >= 0.6 is 0 Å². The van der Waals surface area contributed by atoms with Crippen molar-refractivity contribution in [3.63, 3.8) is 0 Å². The van der Waals surface area contributed by atoms with Gasteiger partial charge in [-0.25, -0.2) is 13.6 Å². The van der Waals surface area contributed by atoms with Crippen LogP contribution in [-0.4, -0.2) is 42.5 Å². The van der Waals surface area contributed by atoms with Crippen LogP contribution in [0.3, 0.4) is 0 Å². The average Bonchev–Trinajstić information content (AvgIpc) is 2.83. The molecule has 136 valence electrons. The number of halogens is 2. The molecule has 0 unspecified atom stereocenters. The maximum absolute atomic E-state index is 14.2. The van der Waals surface area contributed by atoms with Gasteiger partial charge >= 0.3 is 6.03 Å². The maximum atomic E-state index is 14.2. The van der Waals surface area contributed by atoms with Crippen LogP contribution in [0.15, 0.2) is 24.3 Å². The molecule has 0 aromatic heterocycles. The third-order valence-corrected chi connectivity index (χ3v) is 5.36. The average molecular weight is 348 g/mol. The number of benzene rings is 1. The Morgan fingerprint density at radius 1 is 1.12 bits per heavy atom. The van der Waals surface area contributed by atoms with E-state index >= 15 is 0 Å². The smallest absolute Gasteiger partial charge is 0.320 e. The van der Waals surface area contributed by atoms with Gasteiger partial charge in [-0.15, -0.1) is 0 Å². The number of nitrogens with zero attached hydrogens (tertiary/aromatic N) is 2. The highest BCUT2D eigenvalue weighted by Crippen LogP contribution is 2.36. The number of carbonyl (C=O) groups is 1. The quantitative estimate of drug-likeness (QED) is 0.712. The molecule has 3 nitrogen and oxygen atoms in total. The molecule has 0 N–H and O–H groups in total. The lowest BCUT2D eigenvalue weighted by molar-refractivity contribution is 0.152. The molecular formula is C20H26F2N2O. The van der Waals surface area contributed by atoms with Crippen LogP contribution in [0, 0.1) is 17.6 Å². The normalized spacial score (nSPS) is 21.8. The molecule has 0 radical (unpaired) electrons. The molecule has 1 aliphatic heterocycles. The fourth-order valence-electron chi connectivity index (χ4n) is 4.05. The Kier molecular flexibility index (Phi) is 5.40. The van der Waals surface area contributed by atoms with E-state index in [1.807, 2.05) is 11.0 Å². The maximum Gasteiger partial charge on any atom is 0.320 e. The largest absolute Gasteiger partial charge is 0.331 e. The summed E-state index contributed by atoms with van der Waals surface area (Å²) in [4.78, 5) is 16.0. The molecule has 1 atom stereocenters. The van der Waals surface area contributed by atoms with Crippen LogP contribution in [0.5, 0.6) is 0 Å². The summed E-state index contributed by atoms with van der Waals surface area (Å²) in [5, 5.41) is 0. The minimum Gasteiger partial charge on any atom is -0.331 e. The van der Waals surface area contributed by atoms with E-state index in [1.54, 1.807) is 19.0 Å². The molecule has 0 spiro atoms. The number of carbonyl (C=O) groups excluding carboxylic acids is 1. The van der Waals surface area contributed by atoms with E-state index in [9.17, 15) is 13.6 Å². The van der Waals surface area contributed by atoms with Crippen LogP contribution in [0.25, 0.3) is 5.57 Å². The predicted molar refractivity (Wildman–Crippen MR) is 95.1 cm³/mol. The van der Waals surface area contributed by atoms with E-state index in [1.165, 1.54) is 31.7 Å². The molecule has 0 bridgehead atoms. The van der Waals surface area contributed by atoms with Crippen LogP contribution < -0.4 is 0 Å². The van der Waals surface area contributed by atoms with Crippen LogP contribution in [0.1, 0.15) is 44.1 Å². The fourth-order valence-corrected chi connectivity index (χ4v) is 4.05. The molecule has 1 saturated carbocycles. The third-order valence-electron chi connectivity index (χ3n) is 5.36. The molecule has 1 heterocycles. The second-order valence-electron chi connectivity index (χ2n) is 7.36. The van der Waals surface area contributed by atoms with Crippen LogP contribution in [0.4, 0.5) is 13.6 Å². The van der Waals surface area contributed by atoms with Crippen molar-refractivity contribution in [2.75, 3.05) is 20.6 Å². The topological polar surface area (TPSA) is 23.6 Å². The van der Waals surface area contributed by atoms with E-state index in [2.05, 4.69) is 0 Å². The first-order valence-electron chi connectivity index (χ1n) is 9.11. The van der Waals surface area contributed by atoms with Crippen molar-refractivity contribution in [1.29, 1.82) is 0 Å². The summed E-state index contributed by atoms with van der Waals surface area (Å²) in [7, 11) is 3.46. The van der Waals surface area contributed by atoms with Crippen LogP contribution in [-0.2, 0) is 0 Å². The van der Waals surface area contributed by atoms with Gasteiger partial charge in [0.15, 0.2) is 0 Å². The SMILES string of the molecule is CN(C)C(=O)N1CC(c2cc(F)ccc2F)=C[C@H]1C1CCCCCC1. The Hall–Kier alpha value is -1.91. The second-order valence-corrected chi connectivity index (χ2v) is 7.36. The van der Waals surface area contributed by atoms with E-state index in [4.69, 9.17) is 0 Å². The predicted octanol–water partition coefficient (Wildman–Crippen LogP) is 4.68. The van der Waals surface area contributed by atoms with Crippen molar-refractivity contribution < 1.29 is 13.6 Å². The highest BCUT2D eigenvalue weighted by molar-refractivity contribution is 5.81. The first-order chi connectivity index (χ1) is 12.0. The Bertz CT molecular complexity index is 664. The Labute approximate surface area is 148 Å². The lowest BCUT2D eigenvalue weighted by Crippen LogP contribution is -2.45. The standard InChI is InChI=1S/C20H26F2N2O/c1-23(2)20(25)24-13-15(17-12-16(21)9-10-18(17)22)11-19(24)14-7-5-3-4-6-8-14/h9-12,14,19H,3-8,13H2,1-2H3/t19-/m0/s1. The van der Waals surface area contributed by atoms with Crippen molar-refractivity contribution in [2.24, 2.45) is 5.92 Å². The molecule has 25 heavy (non-hydrogen) atoms. The lowest BCUT2D eigenvalue weighted by atomic mass is 9.91. The second kappa shape index (κ2) is 7.54. The number of hydrogen-bond donors (Lipinski definition) is 0. The minimum absolute atomic E-state index is 0.0364. The summed E-state index contributed by atoms with van der Waals surface area (Å²) in [5.74, 6) is -0.507. The molecule has 1 fully saturated rings. The number of amides is 2. The van der Waals surface area contributed by atoms with Gasteiger partial charge in [-0.05, 0) is 42.5 Å². The fraction of sp³-hybridized carbons (Fsp3) is 0.550. The molecule has 2 aliphatic rings. The van der Waals surface area contributed by atoms with Gasteiger partial charge in [-0.3, -0.25) is 0 Å². The molecule has 0 saturated heterocycles. The van der Waals surface area contributed by atoms with E-state index in [-0.39, 0.29) is 17.6 Å². The van der Waals surface area contributed by atoms with Gasteiger partial charge in [-0.1, -0.05) is 31.8 Å². The van der Waals surface area contributed by atoms with Crippen LogP contribution in [0.2, 0.25) is 0 Å². The van der Waals surface area contributed by atoms with E-state index in [0.717, 1.165) is 25.0 Å². The Balaban J connectivity index is 1.93. The number of rotatable bonds is 2.